The van der Waals surface area contributed by atoms with E-state index in [-0.39, 0.29) is 0 Å². The maximum absolute atomic E-state index is 4.13. The molecule has 0 aliphatic heterocycles. The van der Waals surface area contributed by atoms with Crippen LogP contribution in [0.2, 0.25) is 0 Å². The third kappa shape index (κ3) is 3.16. The Morgan fingerprint density at radius 3 is 2.40 bits per heavy atom. The maximum atomic E-state index is 4.13. The van der Waals surface area contributed by atoms with Crippen LogP contribution in [0.25, 0.3) is 6.08 Å². The molecule has 1 aromatic carbocycles. The van der Waals surface area contributed by atoms with Gasteiger partial charge in [-0.3, -0.25) is 0 Å². The molecule has 0 radical (unpaired) electrons. The summed E-state index contributed by atoms with van der Waals surface area (Å²) in [5.74, 6) is 1.47. The molecule has 1 aromatic rings. The van der Waals surface area contributed by atoms with Gasteiger partial charge in [-0.2, -0.15) is 0 Å². The number of aryl methyl sites for hydroxylation is 1. The summed E-state index contributed by atoms with van der Waals surface area (Å²) < 4.78 is 0. The highest BCUT2D eigenvalue weighted by Gasteiger charge is 2.22. The molecule has 1 aliphatic rings. The second kappa shape index (κ2) is 6.61. The van der Waals surface area contributed by atoms with Crippen LogP contribution in [-0.2, 0) is 6.42 Å². The lowest BCUT2D eigenvalue weighted by Gasteiger charge is -2.28. The first kappa shape index (κ1) is 15.4. The molecule has 0 unspecified atom stereocenters. The van der Waals surface area contributed by atoms with Gasteiger partial charge in [0.2, 0.25) is 0 Å². The summed E-state index contributed by atoms with van der Waals surface area (Å²) in [7, 11) is 0. The number of rotatable bonds is 4. The topological polar surface area (TPSA) is 0 Å². The normalized spacial score (nSPS) is 16.6. The van der Waals surface area contributed by atoms with E-state index in [9.17, 15) is 0 Å². The predicted molar refractivity (Wildman–Crippen MR) is 90.4 cm³/mol. The number of hydrogen-bond donors (Lipinski definition) is 0. The zero-order valence-corrected chi connectivity index (χ0v) is 13.8. The second-order valence-corrected chi connectivity index (χ2v) is 6.94. The van der Waals surface area contributed by atoms with Crippen molar-refractivity contribution in [2.75, 3.05) is 0 Å². The van der Waals surface area contributed by atoms with Gasteiger partial charge in [0, 0.05) is 0 Å². The zero-order chi connectivity index (χ0) is 14.7. The minimum Gasteiger partial charge on any atom is -0.0984 e. The molecule has 1 saturated carbocycles. The smallest absolute Gasteiger partial charge is 0.0153 e. The molecule has 0 atom stereocenters. The Morgan fingerprint density at radius 1 is 1.20 bits per heavy atom. The highest BCUT2D eigenvalue weighted by Crippen LogP contribution is 2.39. The molecular formula is C20H30. The van der Waals surface area contributed by atoms with Gasteiger partial charge in [0.1, 0.15) is 0 Å². The van der Waals surface area contributed by atoms with Gasteiger partial charge in [-0.1, -0.05) is 51.8 Å². The lowest BCUT2D eigenvalue weighted by molar-refractivity contribution is 0.441. The standard InChI is InChI=1S/C20H30/c1-6-19-18(12-14(2)3)13-15(4)16(5)20(19)17-10-8-7-9-11-17/h6,13-14,17H,1,7-12H2,2-5H3. The summed E-state index contributed by atoms with van der Waals surface area (Å²) in [4.78, 5) is 0. The molecule has 1 fully saturated rings. The van der Waals surface area contributed by atoms with Crippen LogP contribution in [0.3, 0.4) is 0 Å². The summed E-state index contributed by atoms with van der Waals surface area (Å²) in [5, 5.41) is 0. The molecule has 0 heteroatoms. The molecular weight excluding hydrogens is 240 g/mol. The quantitative estimate of drug-likeness (QED) is 0.611. The molecule has 0 saturated heterocycles. The Morgan fingerprint density at radius 2 is 1.85 bits per heavy atom. The third-order valence-corrected chi connectivity index (χ3v) is 4.87. The first-order valence-electron chi connectivity index (χ1n) is 8.30. The summed E-state index contributed by atoms with van der Waals surface area (Å²) in [6.07, 6.45) is 10.2. The minimum absolute atomic E-state index is 0.704. The average molecular weight is 270 g/mol. The summed E-state index contributed by atoms with van der Waals surface area (Å²) in [6.45, 7) is 13.3. The molecule has 20 heavy (non-hydrogen) atoms. The molecule has 1 aliphatic carbocycles. The molecule has 2 rings (SSSR count). The lowest BCUT2D eigenvalue weighted by Crippen LogP contribution is -2.11. The monoisotopic (exact) mass is 270 g/mol. The Hall–Kier alpha value is -1.04. The van der Waals surface area contributed by atoms with E-state index in [4.69, 9.17) is 0 Å². The van der Waals surface area contributed by atoms with Crippen LogP contribution in [0.5, 0.6) is 0 Å². The van der Waals surface area contributed by atoms with Gasteiger partial charge < -0.3 is 0 Å². The van der Waals surface area contributed by atoms with E-state index < -0.39 is 0 Å². The lowest BCUT2D eigenvalue weighted by atomic mass is 9.77. The van der Waals surface area contributed by atoms with Gasteiger partial charge in [0.25, 0.3) is 0 Å². The van der Waals surface area contributed by atoms with Crippen molar-refractivity contribution in [1.29, 1.82) is 0 Å². The van der Waals surface area contributed by atoms with Crippen molar-refractivity contribution in [2.45, 2.75) is 72.1 Å². The Labute approximate surface area is 125 Å². The van der Waals surface area contributed by atoms with E-state index in [0.29, 0.717) is 5.92 Å². The van der Waals surface area contributed by atoms with E-state index in [1.54, 1.807) is 5.56 Å². The first-order valence-corrected chi connectivity index (χ1v) is 8.30. The van der Waals surface area contributed by atoms with Crippen LogP contribution in [0, 0.1) is 19.8 Å². The fraction of sp³-hybridized carbons (Fsp3) is 0.600. The molecule has 0 bridgehead atoms. The molecule has 0 amide bonds. The Bertz CT molecular complexity index is 473. The van der Waals surface area contributed by atoms with Crippen molar-refractivity contribution in [3.8, 4) is 0 Å². The van der Waals surface area contributed by atoms with Crippen LogP contribution < -0.4 is 0 Å². The van der Waals surface area contributed by atoms with Gasteiger partial charge in [0.15, 0.2) is 0 Å². The van der Waals surface area contributed by atoms with Crippen molar-refractivity contribution in [3.05, 3.63) is 40.5 Å². The van der Waals surface area contributed by atoms with E-state index in [0.717, 1.165) is 5.92 Å². The molecule has 110 valence electrons. The Kier molecular flexibility index (Phi) is 5.07. The molecule has 0 spiro atoms. The van der Waals surface area contributed by atoms with Crippen molar-refractivity contribution in [1.82, 2.24) is 0 Å². The minimum atomic E-state index is 0.704. The van der Waals surface area contributed by atoms with E-state index in [1.807, 2.05) is 0 Å². The highest BCUT2D eigenvalue weighted by atomic mass is 14.3. The highest BCUT2D eigenvalue weighted by molar-refractivity contribution is 5.61. The van der Waals surface area contributed by atoms with Gasteiger partial charge >= 0.3 is 0 Å². The van der Waals surface area contributed by atoms with Crippen molar-refractivity contribution < 1.29 is 0 Å². The molecule has 0 nitrogen and oxygen atoms in total. The summed E-state index contributed by atoms with van der Waals surface area (Å²) in [5.41, 5.74) is 7.56. The largest absolute Gasteiger partial charge is 0.0984 e. The fourth-order valence-corrected chi connectivity index (χ4v) is 3.80. The predicted octanol–water partition coefficient (Wildman–Crippen LogP) is 6.19. The van der Waals surface area contributed by atoms with Gasteiger partial charge in [-0.05, 0) is 72.8 Å². The van der Waals surface area contributed by atoms with Crippen molar-refractivity contribution >= 4 is 6.08 Å². The zero-order valence-electron chi connectivity index (χ0n) is 13.8. The average Bonchev–Trinajstić information content (AvgIpc) is 2.42. The van der Waals surface area contributed by atoms with E-state index >= 15 is 0 Å². The van der Waals surface area contributed by atoms with Crippen LogP contribution in [0.15, 0.2) is 12.6 Å². The third-order valence-electron chi connectivity index (χ3n) is 4.87. The van der Waals surface area contributed by atoms with Gasteiger partial charge in [-0.25, -0.2) is 0 Å². The SMILES string of the molecule is C=Cc1c(CC(C)C)cc(C)c(C)c1C1CCCCC1. The van der Waals surface area contributed by atoms with Crippen LogP contribution in [0.1, 0.15) is 79.7 Å². The first-order chi connectivity index (χ1) is 9.54. The van der Waals surface area contributed by atoms with Crippen LogP contribution in [0.4, 0.5) is 0 Å². The van der Waals surface area contributed by atoms with E-state index in [2.05, 4.69) is 46.4 Å². The van der Waals surface area contributed by atoms with Gasteiger partial charge in [0.05, 0.1) is 0 Å². The second-order valence-electron chi connectivity index (χ2n) is 6.94. The maximum Gasteiger partial charge on any atom is -0.0153 e. The number of benzene rings is 1. The molecule has 0 aromatic heterocycles. The summed E-state index contributed by atoms with van der Waals surface area (Å²) >= 11 is 0. The number of hydrogen-bond acceptors (Lipinski definition) is 0. The van der Waals surface area contributed by atoms with Crippen LogP contribution >= 0.6 is 0 Å². The van der Waals surface area contributed by atoms with Crippen molar-refractivity contribution in [3.63, 3.8) is 0 Å². The van der Waals surface area contributed by atoms with Crippen LogP contribution in [-0.4, -0.2) is 0 Å². The molecule has 0 heterocycles. The van der Waals surface area contributed by atoms with Gasteiger partial charge in [-0.15, -0.1) is 0 Å². The Balaban J connectivity index is 2.51. The summed E-state index contributed by atoms with van der Waals surface area (Å²) in [6, 6.07) is 2.40. The van der Waals surface area contributed by atoms with Crippen molar-refractivity contribution in [2.24, 2.45) is 5.92 Å². The van der Waals surface area contributed by atoms with E-state index in [1.165, 1.54) is 60.8 Å². The fourth-order valence-electron chi connectivity index (χ4n) is 3.80. The molecule has 0 N–H and O–H groups in total.